The fourth-order valence-corrected chi connectivity index (χ4v) is 2.16. The molecule has 0 radical (unpaired) electrons. The number of halogens is 2. The molecule has 3 N–H and O–H groups in total. The van der Waals surface area contributed by atoms with Crippen molar-refractivity contribution in [2.45, 2.75) is 32.9 Å². The van der Waals surface area contributed by atoms with E-state index in [0.29, 0.717) is 24.2 Å². The van der Waals surface area contributed by atoms with Crippen LogP contribution in [0.2, 0.25) is 5.02 Å². The lowest BCUT2D eigenvalue weighted by Crippen LogP contribution is -2.34. The third kappa shape index (κ3) is 4.86. The first-order valence-corrected chi connectivity index (χ1v) is 7.78. The molecule has 0 aliphatic carbocycles. The number of benzene rings is 1. The second-order valence-corrected chi connectivity index (χ2v) is 6.68. The number of carbonyl (C=O) groups is 1. The smallest absolute Gasteiger partial charge is 0.407 e. The van der Waals surface area contributed by atoms with Gasteiger partial charge in [-0.25, -0.2) is 9.18 Å². The molecule has 0 aliphatic heterocycles. The number of amides is 1. The van der Waals surface area contributed by atoms with Crippen molar-refractivity contribution in [2.75, 3.05) is 12.3 Å². The molecule has 1 amide bonds. The van der Waals surface area contributed by atoms with E-state index < -0.39 is 17.5 Å². The van der Waals surface area contributed by atoms with Crippen LogP contribution in [0, 0.1) is 5.82 Å². The monoisotopic (exact) mass is 354 g/mol. The second kappa shape index (κ2) is 7.09. The maximum absolute atomic E-state index is 14.0. The van der Waals surface area contributed by atoms with Crippen molar-refractivity contribution in [3.63, 3.8) is 0 Å². The van der Waals surface area contributed by atoms with Crippen LogP contribution in [0.1, 0.15) is 20.8 Å². The molecule has 0 atom stereocenters. The summed E-state index contributed by atoms with van der Waals surface area (Å²) in [5.74, 6) is -0.469. The fourth-order valence-electron chi connectivity index (χ4n) is 2.00. The average molecular weight is 355 g/mol. The fraction of sp³-hybridized carbons (Fsp3) is 0.375. The van der Waals surface area contributed by atoms with Gasteiger partial charge in [-0.1, -0.05) is 11.6 Å². The number of ether oxygens (including phenoxy) is 1. The summed E-state index contributed by atoms with van der Waals surface area (Å²) in [5, 5.41) is 7.05. The lowest BCUT2D eigenvalue weighted by molar-refractivity contribution is 0.0525. The SMILES string of the molecule is CC(C)(C)OC(=O)NCCn1cc(-c2cc(Cl)c(N)cc2F)cn1. The molecule has 2 aromatic rings. The van der Waals surface area contributed by atoms with Crippen LogP contribution in [0.5, 0.6) is 0 Å². The molecule has 0 saturated heterocycles. The molecule has 1 aromatic heterocycles. The van der Waals surface area contributed by atoms with Crippen LogP contribution in [-0.2, 0) is 11.3 Å². The minimum atomic E-state index is -0.547. The van der Waals surface area contributed by atoms with Gasteiger partial charge in [0.1, 0.15) is 11.4 Å². The minimum Gasteiger partial charge on any atom is -0.444 e. The van der Waals surface area contributed by atoms with Crippen molar-refractivity contribution in [2.24, 2.45) is 0 Å². The zero-order chi connectivity index (χ0) is 17.9. The van der Waals surface area contributed by atoms with Crippen molar-refractivity contribution >= 4 is 23.4 Å². The summed E-state index contributed by atoms with van der Waals surface area (Å²) in [4.78, 5) is 11.6. The first-order chi connectivity index (χ1) is 11.2. The number of hydrogen-bond donors (Lipinski definition) is 2. The largest absolute Gasteiger partial charge is 0.444 e. The van der Waals surface area contributed by atoms with Gasteiger partial charge >= 0.3 is 6.09 Å². The Morgan fingerprint density at radius 3 is 2.83 bits per heavy atom. The number of hydrogen-bond acceptors (Lipinski definition) is 4. The van der Waals surface area contributed by atoms with E-state index in [0.717, 1.165) is 0 Å². The van der Waals surface area contributed by atoms with Crippen LogP contribution in [0.25, 0.3) is 11.1 Å². The van der Waals surface area contributed by atoms with E-state index in [9.17, 15) is 9.18 Å². The number of nitrogens with one attached hydrogen (secondary N) is 1. The molecule has 24 heavy (non-hydrogen) atoms. The minimum absolute atomic E-state index is 0.187. The van der Waals surface area contributed by atoms with Crippen molar-refractivity contribution in [3.05, 3.63) is 35.4 Å². The standard InChI is InChI=1S/C16H20ClFN4O2/c1-16(2,3)24-15(23)20-4-5-22-9-10(8-21-22)11-6-12(17)14(19)7-13(11)18/h6-9H,4-5,19H2,1-3H3,(H,20,23). The van der Waals surface area contributed by atoms with Gasteiger partial charge in [-0.05, 0) is 32.9 Å². The summed E-state index contributed by atoms with van der Waals surface area (Å²) >= 11 is 5.93. The Kier molecular flexibility index (Phi) is 5.33. The molecule has 8 heteroatoms. The van der Waals surface area contributed by atoms with Crippen LogP contribution in [0.15, 0.2) is 24.5 Å². The second-order valence-electron chi connectivity index (χ2n) is 6.27. The predicted octanol–water partition coefficient (Wildman–Crippen LogP) is 3.45. The van der Waals surface area contributed by atoms with Gasteiger partial charge in [0, 0.05) is 23.9 Å². The highest BCUT2D eigenvalue weighted by Gasteiger charge is 2.15. The van der Waals surface area contributed by atoms with Crippen LogP contribution in [0.4, 0.5) is 14.9 Å². The normalized spacial score (nSPS) is 11.4. The van der Waals surface area contributed by atoms with Gasteiger partial charge in [0.25, 0.3) is 0 Å². The van der Waals surface area contributed by atoms with E-state index in [1.807, 2.05) is 0 Å². The molecule has 0 unspecified atom stereocenters. The first kappa shape index (κ1) is 18.1. The van der Waals surface area contributed by atoms with Crippen molar-refractivity contribution < 1.29 is 13.9 Å². The number of rotatable bonds is 4. The van der Waals surface area contributed by atoms with E-state index in [1.165, 1.54) is 18.3 Å². The lowest BCUT2D eigenvalue weighted by Gasteiger charge is -2.19. The number of alkyl carbamates (subject to hydrolysis) is 1. The van der Waals surface area contributed by atoms with Gasteiger partial charge in [0.15, 0.2) is 0 Å². The first-order valence-electron chi connectivity index (χ1n) is 7.40. The average Bonchev–Trinajstić information content (AvgIpc) is 2.89. The van der Waals surface area contributed by atoms with Crippen LogP contribution >= 0.6 is 11.6 Å². The van der Waals surface area contributed by atoms with Crippen molar-refractivity contribution in [1.29, 1.82) is 0 Å². The van der Waals surface area contributed by atoms with Crippen molar-refractivity contribution in [1.82, 2.24) is 15.1 Å². The highest BCUT2D eigenvalue weighted by molar-refractivity contribution is 6.33. The van der Waals surface area contributed by atoms with E-state index in [1.54, 1.807) is 31.6 Å². The molecule has 0 spiro atoms. The molecule has 0 fully saturated rings. The van der Waals surface area contributed by atoms with E-state index >= 15 is 0 Å². The summed E-state index contributed by atoms with van der Waals surface area (Å²) in [5.41, 5.74) is 6.10. The number of nitrogens with zero attached hydrogens (tertiary/aromatic N) is 2. The van der Waals surface area contributed by atoms with Gasteiger partial charge in [-0.3, -0.25) is 4.68 Å². The highest BCUT2D eigenvalue weighted by atomic mass is 35.5. The molecule has 1 heterocycles. The van der Waals surface area contributed by atoms with Gasteiger partial charge in [-0.15, -0.1) is 0 Å². The summed E-state index contributed by atoms with van der Waals surface area (Å²) in [6.07, 6.45) is 2.70. The summed E-state index contributed by atoms with van der Waals surface area (Å²) in [6, 6.07) is 2.64. The number of nitrogen functional groups attached to an aromatic ring is 1. The van der Waals surface area contributed by atoms with Gasteiger partial charge in [0.2, 0.25) is 0 Å². The molecule has 1 aromatic carbocycles. The van der Waals surface area contributed by atoms with Gasteiger partial charge in [-0.2, -0.15) is 5.10 Å². The number of anilines is 1. The predicted molar refractivity (Wildman–Crippen MR) is 91.3 cm³/mol. The zero-order valence-electron chi connectivity index (χ0n) is 13.8. The molecule has 0 saturated carbocycles. The lowest BCUT2D eigenvalue weighted by atomic mass is 10.1. The maximum Gasteiger partial charge on any atom is 0.407 e. The van der Waals surface area contributed by atoms with E-state index in [4.69, 9.17) is 22.1 Å². The molecular formula is C16H20ClFN4O2. The molecule has 130 valence electrons. The maximum atomic E-state index is 14.0. The number of nitrogens with two attached hydrogens (primary N) is 1. The summed E-state index contributed by atoms with van der Waals surface area (Å²) in [7, 11) is 0. The van der Waals surface area contributed by atoms with E-state index in [-0.39, 0.29) is 10.7 Å². The quantitative estimate of drug-likeness (QED) is 0.824. The zero-order valence-corrected chi connectivity index (χ0v) is 14.5. The van der Waals surface area contributed by atoms with Gasteiger partial charge in [0.05, 0.1) is 23.5 Å². The Morgan fingerprint density at radius 2 is 2.17 bits per heavy atom. The van der Waals surface area contributed by atoms with Crippen LogP contribution in [0.3, 0.4) is 0 Å². The van der Waals surface area contributed by atoms with Crippen LogP contribution < -0.4 is 11.1 Å². The molecular weight excluding hydrogens is 335 g/mol. The number of carbonyl (C=O) groups excluding carboxylic acids is 1. The Balaban J connectivity index is 1.97. The number of aromatic nitrogens is 2. The molecule has 0 aliphatic rings. The Morgan fingerprint density at radius 1 is 1.46 bits per heavy atom. The molecule has 6 nitrogen and oxygen atoms in total. The third-order valence-electron chi connectivity index (χ3n) is 3.04. The Hall–Kier alpha value is -2.28. The molecule has 0 bridgehead atoms. The Bertz CT molecular complexity index is 740. The summed E-state index contributed by atoms with van der Waals surface area (Å²) < 4.78 is 20.7. The highest BCUT2D eigenvalue weighted by Crippen LogP contribution is 2.29. The topological polar surface area (TPSA) is 82.2 Å². The van der Waals surface area contributed by atoms with E-state index in [2.05, 4.69) is 10.4 Å². The summed E-state index contributed by atoms with van der Waals surface area (Å²) in [6.45, 7) is 6.13. The Labute approximate surface area is 144 Å². The van der Waals surface area contributed by atoms with Crippen molar-refractivity contribution in [3.8, 4) is 11.1 Å². The van der Waals surface area contributed by atoms with Gasteiger partial charge < -0.3 is 15.8 Å². The third-order valence-corrected chi connectivity index (χ3v) is 3.37. The van der Waals surface area contributed by atoms with Crippen LogP contribution in [-0.4, -0.2) is 28.0 Å². The molecule has 2 rings (SSSR count).